The van der Waals surface area contributed by atoms with Gasteiger partial charge < -0.3 is 14.5 Å². The molecule has 0 atom stereocenters. The number of amides is 1. The molecule has 6 heteroatoms. The summed E-state index contributed by atoms with van der Waals surface area (Å²) in [6.07, 6.45) is 0.912. The van der Waals surface area contributed by atoms with E-state index in [1.807, 2.05) is 31.2 Å². The van der Waals surface area contributed by atoms with E-state index in [2.05, 4.69) is 15.2 Å². The molecule has 1 N–H and O–H groups in total. The molecule has 26 heavy (non-hydrogen) atoms. The molecule has 3 heterocycles. The summed E-state index contributed by atoms with van der Waals surface area (Å²) < 4.78 is 11.2. The Morgan fingerprint density at radius 1 is 1.23 bits per heavy atom. The van der Waals surface area contributed by atoms with Crippen LogP contribution in [0.5, 0.6) is 0 Å². The van der Waals surface area contributed by atoms with Crippen molar-refractivity contribution in [2.45, 2.75) is 13.3 Å². The van der Waals surface area contributed by atoms with E-state index >= 15 is 0 Å². The molecule has 1 aliphatic rings. The fourth-order valence-corrected chi connectivity index (χ4v) is 3.39. The molecule has 1 amide bonds. The van der Waals surface area contributed by atoms with Gasteiger partial charge in [0.05, 0.1) is 18.7 Å². The number of morpholine rings is 1. The van der Waals surface area contributed by atoms with Crippen molar-refractivity contribution in [1.82, 2.24) is 15.2 Å². The number of benzene rings is 1. The summed E-state index contributed by atoms with van der Waals surface area (Å²) in [6.45, 7) is 7.07. The first-order valence-corrected chi connectivity index (χ1v) is 9.09. The predicted molar refractivity (Wildman–Crippen MR) is 100 cm³/mol. The molecule has 6 nitrogen and oxygen atoms in total. The Kier molecular flexibility index (Phi) is 4.86. The number of carbonyl (C=O) groups is 1. The zero-order chi connectivity index (χ0) is 17.9. The van der Waals surface area contributed by atoms with Gasteiger partial charge in [-0.25, -0.2) is 0 Å². The van der Waals surface area contributed by atoms with Crippen molar-refractivity contribution in [1.29, 1.82) is 0 Å². The number of pyridine rings is 1. The Hall–Kier alpha value is -2.44. The van der Waals surface area contributed by atoms with Gasteiger partial charge in [-0.1, -0.05) is 12.1 Å². The van der Waals surface area contributed by atoms with E-state index < -0.39 is 0 Å². The number of aromatic nitrogens is 1. The molecule has 0 spiro atoms. The van der Waals surface area contributed by atoms with Gasteiger partial charge in [0.1, 0.15) is 5.58 Å². The summed E-state index contributed by atoms with van der Waals surface area (Å²) in [6, 6.07) is 9.62. The maximum Gasteiger partial charge on any atom is 0.287 e. The first-order valence-electron chi connectivity index (χ1n) is 9.09. The zero-order valence-corrected chi connectivity index (χ0v) is 15.0. The third-order valence-corrected chi connectivity index (χ3v) is 4.82. The van der Waals surface area contributed by atoms with E-state index in [9.17, 15) is 4.79 Å². The maximum atomic E-state index is 12.5. The van der Waals surface area contributed by atoms with Gasteiger partial charge in [-0.3, -0.25) is 14.7 Å². The number of ether oxygens (including phenoxy) is 1. The topological polar surface area (TPSA) is 67.6 Å². The highest BCUT2D eigenvalue weighted by atomic mass is 16.5. The van der Waals surface area contributed by atoms with Gasteiger partial charge in [-0.2, -0.15) is 0 Å². The van der Waals surface area contributed by atoms with Crippen LogP contribution in [0.2, 0.25) is 0 Å². The fourth-order valence-electron chi connectivity index (χ4n) is 3.39. The fraction of sp³-hybridized carbons (Fsp3) is 0.400. The molecule has 136 valence electrons. The molecule has 1 aliphatic heterocycles. The lowest BCUT2D eigenvalue weighted by molar-refractivity contribution is 0.0374. The number of hydrogen-bond acceptors (Lipinski definition) is 5. The Morgan fingerprint density at radius 3 is 2.88 bits per heavy atom. The number of fused-ring (bicyclic) bond motifs is 3. The molecule has 2 aromatic heterocycles. The van der Waals surface area contributed by atoms with E-state index in [0.717, 1.165) is 66.8 Å². The third kappa shape index (κ3) is 3.43. The molecule has 3 aromatic rings. The molecule has 1 fully saturated rings. The molecular weight excluding hydrogens is 330 g/mol. The summed E-state index contributed by atoms with van der Waals surface area (Å²) >= 11 is 0. The van der Waals surface area contributed by atoms with E-state index in [1.54, 1.807) is 6.07 Å². The molecule has 0 saturated carbocycles. The van der Waals surface area contributed by atoms with Crippen LogP contribution in [0.4, 0.5) is 0 Å². The number of rotatable bonds is 5. The zero-order valence-electron chi connectivity index (χ0n) is 15.0. The van der Waals surface area contributed by atoms with Crippen LogP contribution in [0.25, 0.3) is 21.9 Å². The SMILES string of the molecule is Cc1nc2ccccc2c2oc(C(=O)NCCCN3CCOCC3)cc12. The predicted octanol–water partition coefficient (Wildman–Crippen LogP) is 2.74. The highest BCUT2D eigenvalue weighted by Crippen LogP contribution is 2.29. The molecule has 0 bridgehead atoms. The Labute approximate surface area is 152 Å². The lowest BCUT2D eigenvalue weighted by Crippen LogP contribution is -2.38. The summed E-state index contributed by atoms with van der Waals surface area (Å²) in [5.74, 6) is 0.166. The second kappa shape index (κ2) is 7.43. The van der Waals surface area contributed by atoms with Gasteiger partial charge in [0.15, 0.2) is 5.76 Å². The number of nitrogens with one attached hydrogen (secondary N) is 1. The maximum absolute atomic E-state index is 12.5. The number of para-hydroxylation sites is 1. The van der Waals surface area contributed by atoms with Gasteiger partial charge in [0, 0.05) is 36.1 Å². The number of nitrogens with zero attached hydrogens (tertiary/aromatic N) is 2. The molecule has 1 aromatic carbocycles. The van der Waals surface area contributed by atoms with Gasteiger partial charge in [0.2, 0.25) is 0 Å². The molecule has 0 aliphatic carbocycles. The van der Waals surface area contributed by atoms with Crippen molar-refractivity contribution >= 4 is 27.8 Å². The number of carbonyl (C=O) groups excluding carboxylic acids is 1. The van der Waals surface area contributed by atoms with Crippen LogP contribution in [-0.2, 0) is 4.74 Å². The minimum absolute atomic E-state index is 0.174. The summed E-state index contributed by atoms with van der Waals surface area (Å²) in [4.78, 5) is 19.4. The second-order valence-electron chi connectivity index (χ2n) is 6.63. The number of hydrogen-bond donors (Lipinski definition) is 1. The number of furan rings is 1. The van der Waals surface area contributed by atoms with Crippen LogP contribution in [0, 0.1) is 6.92 Å². The van der Waals surface area contributed by atoms with E-state index in [0.29, 0.717) is 12.3 Å². The average molecular weight is 353 g/mol. The van der Waals surface area contributed by atoms with Crippen LogP contribution in [0.1, 0.15) is 22.7 Å². The van der Waals surface area contributed by atoms with Gasteiger partial charge in [-0.05, 0) is 38.1 Å². The van der Waals surface area contributed by atoms with Crippen molar-refractivity contribution in [3.63, 3.8) is 0 Å². The van der Waals surface area contributed by atoms with Crippen LogP contribution in [0.3, 0.4) is 0 Å². The van der Waals surface area contributed by atoms with Gasteiger partial charge >= 0.3 is 0 Å². The Morgan fingerprint density at radius 2 is 2.04 bits per heavy atom. The van der Waals surface area contributed by atoms with Crippen LogP contribution in [-0.4, -0.2) is 55.2 Å². The summed E-state index contributed by atoms with van der Waals surface area (Å²) in [7, 11) is 0. The van der Waals surface area contributed by atoms with E-state index in [-0.39, 0.29) is 5.91 Å². The minimum atomic E-state index is -0.174. The van der Waals surface area contributed by atoms with Crippen molar-refractivity contribution in [3.8, 4) is 0 Å². The van der Waals surface area contributed by atoms with Crippen LogP contribution in [0.15, 0.2) is 34.7 Å². The second-order valence-corrected chi connectivity index (χ2v) is 6.63. The lowest BCUT2D eigenvalue weighted by Gasteiger charge is -2.26. The molecule has 0 radical (unpaired) electrons. The van der Waals surface area contributed by atoms with E-state index in [4.69, 9.17) is 9.15 Å². The normalized spacial score (nSPS) is 15.6. The Balaban J connectivity index is 1.43. The molecular formula is C20H23N3O3. The molecule has 1 saturated heterocycles. The summed E-state index contributed by atoms with van der Waals surface area (Å²) in [5, 5.41) is 4.78. The standard InChI is InChI=1S/C20H23N3O3/c1-14-16-13-18(26-19(16)15-5-2-3-6-17(15)22-14)20(24)21-7-4-8-23-9-11-25-12-10-23/h2-3,5-6,13H,4,7-12H2,1H3,(H,21,24). The molecule has 4 rings (SSSR count). The van der Waals surface area contributed by atoms with Crippen LogP contribution >= 0.6 is 0 Å². The smallest absolute Gasteiger partial charge is 0.287 e. The lowest BCUT2D eigenvalue weighted by atomic mass is 10.1. The van der Waals surface area contributed by atoms with Crippen molar-refractivity contribution in [3.05, 3.63) is 41.8 Å². The Bertz CT molecular complexity index is 929. The van der Waals surface area contributed by atoms with Crippen molar-refractivity contribution < 1.29 is 13.9 Å². The molecule has 0 unspecified atom stereocenters. The monoisotopic (exact) mass is 353 g/mol. The minimum Gasteiger partial charge on any atom is -0.450 e. The van der Waals surface area contributed by atoms with Crippen molar-refractivity contribution in [2.24, 2.45) is 0 Å². The van der Waals surface area contributed by atoms with E-state index in [1.165, 1.54) is 0 Å². The summed E-state index contributed by atoms with van der Waals surface area (Å²) in [5.41, 5.74) is 2.48. The number of aryl methyl sites for hydroxylation is 1. The largest absolute Gasteiger partial charge is 0.450 e. The average Bonchev–Trinajstić information content (AvgIpc) is 3.13. The third-order valence-electron chi connectivity index (χ3n) is 4.82. The van der Waals surface area contributed by atoms with Gasteiger partial charge in [-0.15, -0.1) is 0 Å². The quantitative estimate of drug-likeness (QED) is 0.715. The first kappa shape index (κ1) is 17.0. The first-order chi connectivity index (χ1) is 12.7. The van der Waals surface area contributed by atoms with Gasteiger partial charge in [0.25, 0.3) is 5.91 Å². The highest BCUT2D eigenvalue weighted by Gasteiger charge is 2.16. The van der Waals surface area contributed by atoms with Crippen LogP contribution < -0.4 is 5.32 Å². The highest BCUT2D eigenvalue weighted by molar-refractivity contribution is 6.06. The van der Waals surface area contributed by atoms with Crippen molar-refractivity contribution in [2.75, 3.05) is 39.4 Å².